The Morgan fingerprint density at radius 1 is 0.667 bits per heavy atom. The second-order valence-corrected chi connectivity index (χ2v) is 3.99. The molecule has 0 amide bonds. The maximum Gasteiger partial charge on any atom is 0.125 e. The molecule has 6 heteroatoms. The summed E-state index contributed by atoms with van der Waals surface area (Å²) in [6, 6.07) is 3.66. The van der Waals surface area contributed by atoms with E-state index in [0.717, 1.165) is 17.2 Å². The number of nitrogens with zero attached hydrogens (tertiary/aromatic N) is 6. The minimum Gasteiger partial charge on any atom is -0.261 e. The monoisotopic (exact) mass is 282 g/mol. The van der Waals surface area contributed by atoms with E-state index in [1.165, 1.54) is 6.33 Å². The van der Waals surface area contributed by atoms with Crippen molar-refractivity contribution in [3.8, 4) is 0 Å². The largest absolute Gasteiger partial charge is 0.261 e. The van der Waals surface area contributed by atoms with Crippen LogP contribution in [0.25, 0.3) is 0 Å². The van der Waals surface area contributed by atoms with Gasteiger partial charge in [-0.05, 0) is 32.9 Å². The van der Waals surface area contributed by atoms with Crippen LogP contribution in [0.3, 0.4) is 0 Å². The molecule has 0 atom stereocenters. The maximum absolute atomic E-state index is 3.92. The van der Waals surface area contributed by atoms with Crippen LogP contribution >= 0.6 is 0 Å². The topological polar surface area (TPSA) is 77.3 Å². The van der Waals surface area contributed by atoms with E-state index in [4.69, 9.17) is 0 Å². The van der Waals surface area contributed by atoms with Crippen LogP contribution in [-0.2, 0) is 0 Å². The fourth-order valence-corrected chi connectivity index (χ4v) is 1.10. The summed E-state index contributed by atoms with van der Waals surface area (Å²) >= 11 is 0. The molecule has 0 aliphatic rings. The Kier molecular flexibility index (Phi) is 7.82. The van der Waals surface area contributed by atoms with E-state index in [-0.39, 0.29) is 0 Å². The zero-order valence-electron chi connectivity index (χ0n) is 12.4. The van der Waals surface area contributed by atoms with Gasteiger partial charge in [0.05, 0.1) is 5.69 Å². The summed E-state index contributed by atoms with van der Waals surface area (Å²) in [5.41, 5.74) is 1.97. The summed E-state index contributed by atoms with van der Waals surface area (Å²) in [7, 11) is 0. The highest BCUT2D eigenvalue weighted by molar-refractivity contribution is 4.92. The third-order valence-corrected chi connectivity index (χ3v) is 2.12. The molecule has 0 unspecified atom stereocenters. The van der Waals surface area contributed by atoms with Gasteiger partial charge in [-0.2, -0.15) is 0 Å². The molecule has 0 spiro atoms. The molecule has 3 rings (SSSR count). The SMILES string of the molecule is Cc1ccncn1.Cc1cnccn1.Cc1ncccn1. The summed E-state index contributed by atoms with van der Waals surface area (Å²) in [6.45, 7) is 5.70. The first-order valence-electron chi connectivity index (χ1n) is 6.37. The second kappa shape index (κ2) is 10.1. The highest BCUT2D eigenvalue weighted by atomic mass is 14.8. The molecule has 0 saturated heterocycles. The van der Waals surface area contributed by atoms with E-state index in [2.05, 4.69) is 29.9 Å². The Bertz CT molecular complexity index is 497. The molecule has 0 aliphatic carbocycles. The lowest BCUT2D eigenvalue weighted by Gasteiger charge is -1.81. The summed E-state index contributed by atoms with van der Waals surface area (Å²) < 4.78 is 0. The van der Waals surface area contributed by atoms with Crippen LogP contribution in [0.1, 0.15) is 17.2 Å². The van der Waals surface area contributed by atoms with Gasteiger partial charge in [0.2, 0.25) is 0 Å². The number of aryl methyl sites for hydroxylation is 3. The van der Waals surface area contributed by atoms with Gasteiger partial charge in [-0.25, -0.2) is 19.9 Å². The predicted octanol–water partition coefficient (Wildman–Crippen LogP) is 2.36. The molecule has 0 aliphatic heterocycles. The van der Waals surface area contributed by atoms with Gasteiger partial charge in [0, 0.05) is 42.9 Å². The molecule has 3 aromatic rings. The molecule has 0 N–H and O–H groups in total. The lowest BCUT2D eigenvalue weighted by Crippen LogP contribution is -1.80. The minimum absolute atomic E-state index is 0.822. The number of hydrogen-bond acceptors (Lipinski definition) is 6. The zero-order chi connectivity index (χ0) is 15.3. The normalized spacial score (nSPS) is 8.71. The number of rotatable bonds is 0. The molecule has 21 heavy (non-hydrogen) atoms. The molecular weight excluding hydrogens is 264 g/mol. The average molecular weight is 282 g/mol. The van der Waals surface area contributed by atoms with Crippen molar-refractivity contribution in [3.05, 3.63) is 72.9 Å². The predicted molar refractivity (Wildman–Crippen MR) is 80.3 cm³/mol. The van der Waals surface area contributed by atoms with E-state index >= 15 is 0 Å². The fraction of sp³-hybridized carbons (Fsp3) is 0.200. The van der Waals surface area contributed by atoms with Gasteiger partial charge in [0.1, 0.15) is 12.2 Å². The molecule has 3 aromatic heterocycles. The smallest absolute Gasteiger partial charge is 0.125 e. The number of hydrogen-bond donors (Lipinski definition) is 0. The quantitative estimate of drug-likeness (QED) is 0.630. The van der Waals surface area contributed by atoms with Crippen LogP contribution in [-0.4, -0.2) is 29.9 Å². The molecular formula is C15H18N6. The minimum atomic E-state index is 0.822. The van der Waals surface area contributed by atoms with Crippen molar-refractivity contribution in [1.29, 1.82) is 0 Å². The standard InChI is InChI=1S/3C5H6N2/c1-5-4-6-2-3-7-5;1-5-2-3-6-4-7-5;1-5-6-3-2-4-7-5/h3*2-4H,1H3. The van der Waals surface area contributed by atoms with Crippen LogP contribution < -0.4 is 0 Å². The van der Waals surface area contributed by atoms with Gasteiger partial charge in [0.15, 0.2) is 0 Å². The van der Waals surface area contributed by atoms with E-state index in [9.17, 15) is 0 Å². The fourth-order valence-electron chi connectivity index (χ4n) is 1.10. The first-order valence-corrected chi connectivity index (χ1v) is 6.37. The highest BCUT2D eigenvalue weighted by Gasteiger charge is 1.75. The first-order chi connectivity index (χ1) is 10.2. The van der Waals surface area contributed by atoms with Crippen molar-refractivity contribution in [1.82, 2.24) is 29.9 Å². The van der Waals surface area contributed by atoms with Gasteiger partial charge < -0.3 is 0 Å². The Balaban J connectivity index is 0.000000157. The van der Waals surface area contributed by atoms with E-state index < -0.39 is 0 Å². The van der Waals surface area contributed by atoms with Gasteiger partial charge in [-0.1, -0.05) is 0 Å². The van der Waals surface area contributed by atoms with Crippen LogP contribution in [0.5, 0.6) is 0 Å². The van der Waals surface area contributed by atoms with Crippen molar-refractivity contribution in [3.63, 3.8) is 0 Å². The van der Waals surface area contributed by atoms with Crippen LogP contribution in [0, 0.1) is 20.8 Å². The van der Waals surface area contributed by atoms with E-state index in [1.807, 2.05) is 26.8 Å². The van der Waals surface area contributed by atoms with Crippen molar-refractivity contribution in [2.75, 3.05) is 0 Å². The molecule has 6 nitrogen and oxygen atoms in total. The van der Waals surface area contributed by atoms with Gasteiger partial charge >= 0.3 is 0 Å². The third kappa shape index (κ3) is 8.88. The van der Waals surface area contributed by atoms with Crippen molar-refractivity contribution < 1.29 is 0 Å². The summed E-state index contributed by atoms with van der Waals surface area (Å²) in [6.07, 6.45) is 11.8. The first kappa shape index (κ1) is 16.3. The second-order valence-electron chi connectivity index (χ2n) is 3.99. The zero-order valence-corrected chi connectivity index (χ0v) is 12.4. The summed E-state index contributed by atoms with van der Waals surface area (Å²) in [5, 5.41) is 0. The average Bonchev–Trinajstić information content (AvgIpc) is 2.51. The summed E-state index contributed by atoms with van der Waals surface area (Å²) in [4.78, 5) is 23.1. The van der Waals surface area contributed by atoms with Crippen molar-refractivity contribution >= 4 is 0 Å². The maximum atomic E-state index is 3.92. The molecule has 3 heterocycles. The molecule has 0 radical (unpaired) electrons. The Morgan fingerprint density at radius 3 is 1.71 bits per heavy atom. The molecule has 0 bridgehead atoms. The number of aromatic nitrogens is 6. The van der Waals surface area contributed by atoms with E-state index in [1.54, 1.807) is 43.2 Å². The summed E-state index contributed by atoms with van der Waals surface area (Å²) in [5.74, 6) is 0.822. The van der Waals surface area contributed by atoms with Gasteiger partial charge in [-0.3, -0.25) is 9.97 Å². The third-order valence-electron chi connectivity index (χ3n) is 2.12. The van der Waals surface area contributed by atoms with Crippen LogP contribution in [0.4, 0.5) is 0 Å². The molecule has 108 valence electrons. The Hall–Kier alpha value is -2.76. The molecule has 0 aromatic carbocycles. The highest BCUT2D eigenvalue weighted by Crippen LogP contribution is 1.82. The lowest BCUT2D eigenvalue weighted by molar-refractivity contribution is 1.05. The van der Waals surface area contributed by atoms with E-state index in [0.29, 0.717) is 0 Å². The van der Waals surface area contributed by atoms with Crippen molar-refractivity contribution in [2.24, 2.45) is 0 Å². The van der Waals surface area contributed by atoms with Crippen molar-refractivity contribution in [2.45, 2.75) is 20.8 Å². The molecule has 0 saturated carbocycles. The van der Waals surface area contributed by atoms with Gasteiger partial charge in [0.25, 0.3) is 0 Å². The Morgan fingerprint density at radius 2 is 1.43 bits per heavy atom. The van der Waals surface area contributed by atoms with Crippen LogP contribution in [0.15, 0.2) is 55.6 Å². The van der Waals surface area contributed by atoms with Crippen LogP contribution in [0.2, 0.25) is 0 Å². The van der Waals surface area contributed by atoms with Gasteiger partial charge in [-0.15, -0.1) is 0 Å². The Labute approximate surface area is 124 Å². The lowest BCUT2D eigenvalue weighted by atomic mass is 10.5. The molecule has 0 fully saturated rings.